The molecule has 2 aromatic rings. The van der Waals surface area contributed by atoms with Gasteiger partial charge in [0.1, 0.15) is 16.9 Å². The molecule has 0 aliphatic carbocycles. The first kappa shape index (κ1) is 23.6. The molecule has 158 valence electrons. The van der Waals surface area contributed by atoms with Crippen LogP contribution in [0.1, 0.15) is 34.6 Å². The van der Waals surface area contributed by atoms with E-state index in [1.54, 1.807) is 0 Å². The van der Waals surface area contributed by atoms with Crippen molar-refractivity contribution in [1.29, 1.82) is 0 Å². The van der Waals surface area contributed by atoms with Gasteiger partial charge in [0.2, 0.25) is 0 Å². The van der Waals surface area contributed by atoms with Crippen LogP contribution in [0, 0.1) is 10.1 Å². The first-order valence-corrected chi connectivity index (χ1v) is 7.93. The van der Waals surface area contributed by atoms with E-state index in [4.69, 9.17) is 15.9 Å². The number of nitrogen functional groups attached to an aromatic ring is 1. The molecule has 0 bridgehead atoms. The van der Waals surface area contributed by atoms with Crippen molar-refractivity contribution in [3.63, 3.8) is 0 Å². The summed E-state index contributed by atoms with van der Waals surface area (Å²) in [6.45, 7) is 2.26. The van der Waals surface area contributed by atoms with Gasteiger partial charge in [0, 0.05) is 31.7 Å². The number of non-ortho nitro benzene ring substituents is 1. The van der Waals surface area contributed by atoms with Crippen LogP contribution in [0.4, 0.5) is 11.4 Å². The molecule has 0 unspecified atom stereocenters. The smallest absolute Gasteiger partial charge is 0.339 e. The lowest BCUT2D eigenvalue weighted by Crippen LogP contribution is -2.07. The maximum absolute atomic E-state index is 10.7. The van der Waals surface area contributed by atoms with E-state index in [0.29, 0.717) is 5.69 Å². The highest BCUT2D eigenvalue weighted by Crippen LogP contribution is 2.25. The number of carbonyl (C=O) groups is 4. The van der Waals surface area contributed by atoms with Crippen molar-refractivity contribution in [2.45, 2.75) is 13.8 Å². The molecule has 0 heterocycles. The molecule has 30 heavy (non-hydrogen) atoms. The molecule has 4 N–H and O–H groups in total. The molecule has 0 aliphatic rings. The van der Waals surface area contributed by atoms with Crippen molar-refractivity contribution in [3.8, 4) is 11.5 Å². The molecule has 0 aliphatic heterocycles. The fraction of sp³-hybridized carbons (Fsp3) is 0.111. The van der Waals surface area contributed by atoms with Crippen LogP contribution in [0.3, 0.4) is 0 Å². The normalized spacial score (nSPS) is 9.53. The van der Waals surface area contributed by atoms with Crippen molar-refractivity contribution in [2.24, 2.45) is 0 Å². The molecule has 0 saturated carbocycles. The van der Waals surface area contributed by atoms with E-state index in [1.165, 1.54) is 25.1 Å². The van der Waals surface area contributed by atoms with Crippen LogP contribution >= 0.6 is 0 Å². The number of carboxylic acids is 2. The average molecular weight is 420 g/mol. The number of ether oxygens (including phenoxy) is 2. The summed E-state index contributed by atoms with van der Waals surface area (Å²) in [6, 6.07) is 6.94. The summed E-state index contributed by atoms with van der Waals surface area (Å²) in [5, 5.41) is 27.9. The van der Waals surface area contributed by atoms with Gasteiger partial charge in [-0.05, 0) is 18.2 Å². The lowest BCUT2D eigenvalue weighted by atomic mass is 10.2. The van der Waals surface area contributed by atoms with Gasteiger partial charge in [0.05, 0.1) is 11.0 Å². The minimum absolute atomic E-state index is 0.0370. The second kappa shape index (κ2) is 10.2. The molecule has 0 saturated heterocycles. The Balaban J connectivity index is 0.000000303. The third kappa shape index (κ3) is 6.92. The minimum Gasteiger partial charge on any atom is -0.478 e. The summed E-state index contributed by atoms with van der Waals surface area (Å²) < 4.78 is 9.26. The van der Waals surface area contributed by atoms with Gasteiger partial charge in [-0.15, -0.1) is 0 Å². The molecule has 2 aromatic carbocycles. The predicted molar refractivity (Wildman–Crippen MR) is 100 cm³/mol. The zero-order valence-electron chi connectivity index (χ0n) is 15.6. The van der Waals surface area contributed by atoms with Crippen molar-refractivity contribution >= 4 is 35.3 Å². The van der Waals surface area contributed by atoms with Crippen LogP contribution in [0.2, 0.25) is 0 Å². The standard InChI is InChI=1S/C9H7NO6.C9H9NO4/c1-5(11)16-8-4-6(10(14)15)2-3-7(8)9(12)13;1-5(11)14-8-4-6(10)2-3-7(8)9(12)13/h2-4H,1H3,(H,12,13);2-4H,10H2,1H3,(H,12,13). The Labute approximate surface area is 168 Å². The molecule has 0 aromatic heterocycles. The quantitative estimate of drug-likeness (QED) is 0.210. The first-order valence-electron chi connectivity index (χ1n) is 7.93. The molecule has 0 fully saturated rings. The highest BCUT2D eigenvalue weighted by Gasteiger charge is 2.17. The third-order valence-electron chi connectivity index (χ3n) is 3.15. The molecule has 0 amide bonds. The molecular formula is C18H16N2O10. The summed E-state index contributed by atoms with van der Waals surface area (Å²) in [5.41, 5.74) is 5.02. The number of nitro groups is 1. The topological polar surface area (TPSA) is 196 Å². The Bertz CT molecular complexity index is 1020. The number of anilines is 1. The van der Waals surface area contributed by atoms with Crippen LogP contribution in [-0.4, -0.2) is 39.0 Å². The number of nitrogens with zero attached hydrogens (tertiary/aromatic N) is 1. The number of nitrogens with two attached hydrogens (primary N) is 1. The lowest BCUT2D eigenvalue weighted by Gasteiger charge is -2.05. The van der Waals surface area contributed by atoms with Crippen molar-refractivity contribution < 1.29 is 43.8 Å². The van der Waals surface area contributed by atoms with Crippen molar-refractivity contribution in [3.05, 3.63) is 57.6 Å². The van der Waals surface area contributed by atoms with Gasteiger partial charge in [-0.25, -0.2) is 9.59 Å². The summed E-state index contributed by atoms with van der Waals surface area (Å²) in [6.07, 6.45) is 0. The zero-order valence-corrected chi connectivity index (χ0v) is 15.6. The molecule has 0 spiro atoms. The van der Waals surface area contributed by atoms with Gasteiger partial charge in [-0.2, -0.15) is 0 Å². The highest BCUT2D eigenvalue weighted by atomic mass is 16.6. The van der Waals surface area contributed by atoms with E-state index in [0.717, 1.165) is 25.1 Å². The van der Waals surface area contributed by atoms with Gasteiger partial charge in [0.15, 0.2) is 5.75 Å². The van der Waals surface area contributed by atoms with Gasteiger partial charge < -0.3 is 25.4 Å². The molecular weight excluding hydrogens is 404 g/mol. The van der Waals surface area contributed by atoms with E-state index < -0.39 is 28.8 Å². The number of carbonyl (C=O) groups excluding carboxylic acids is 2. The second-order valence-corrected chi connectivity index (χ2v) is 5.49. The zero-order chi connectivity index (χ0) is 23.0. The van der Waals surface area contributed by atoms with E-state index in [1.807, 2.05) is 0 Å². The van der Waals surface area contributed by atoms with E-state index in [9.17, 15) is 29.3 Å². The summed E-state index contributed by atoms with van der Waals surface area (Å²) in [5.74, 6) is -4.20. The summed E-state index contributed by atoms with van der Waals surface area (Å²) in [4.78, 5) is 52.5. The van der Waals surface area contributed by atoms with Gasteiger partial charge in [-0.1, -0.05) is 0 Å². The Kier molecular flexibility index (Phi) is 7.99. The van der Waals surface area contributed by atoms with Gasteiger partial charge in [0.25, 0.3) is 5.69 Å². The number of hydrogen-bond donors (Lipinski definition) is 3. The largest absolute Gasteiger partial charge is 0.478 e. The summed E-state index contributed by atoms with van der Waals surface area (Å²) >= 11 is 0. The SMILES string of the molecule is CC(=O)Oc1cc(N)ccc1C(=O)O.CC(=O)Oc1cc([N+](=O)[O-])ccc1C(=O)O. The van der Waals surface area contributed by atoms with Crippen LogP contribution in [0.25, 0.3) is 0 Å². The third-order valence-corrected chi connectivity index (χ3v) is 3.15. The Morgan fingerprint density at radius 1 is 0.867 bits per heavy atom. The first-order chi connectivity index (χ1) is 13.9. The Morgan fingerprint density at radius 2 is 1.30 bits per heavy atom. The monoisotopic (exact) mass is 420 g/mol. The number of rotatable bonds is 5. The Morgan fingerprint density at radius 3 is 1.70 bits per heavy atom. The van der Waals surface area contributed by atoms with Crippen LogP contribution < -0.4 is 15.2 Å². The number of benzene rings is 2. The highest BCUT2D eigenvalue weighted by molar-refractivity contribution is 5.93. The number of nitro benzene ring substituents is 1. The number of esters is 2. The van der Waals surface area contributed by atoms with Crippen LogP contribution in [0.15, 0.2) is 36.4 Å². The number of carboxylic acid groups (broad SMARTS) is 2. The van der Waals surface area contributed by atoms with E-state index in [2.05, 4.69) is 9.47 Å². The molecule has 12 heteroatoms. The predicted octanol–water partition coefficient (Wildman–Crippen LogP) is 2.11. The van der Waals surface area contributed by atoms with Crippen molar-refractivity contribution in [1.82, 2.24) is 0 Å². The Hall–Kier alpha value is -4.48. The van der Waals surface area contributed by atoms with Crippen LogP contribution in [-0.2, 0) is 9.59 Å². The van der Waals surface area contributed by atoms with Crippen LogP contribution in [0.5, 0.6) is 11.5 Å². The fourth-order valence-electron chi connectivity index (χ4n) is 2.00. The lowest BCUT2D eigenvalue weighted by molar-refractivity contribution is -0.384. The minimum atomic E-state index is -1.33. The maximum atomic E-state index is 10.7. The molecule has 2 rings (SSSR count). The van der Waals surface area contributed by atoms with Crippen molar-refractivity contribution in [2.75, 3.05) is 5.73 Å². The van der Waals surface area contributed by atoms with E-state index in [-0.39, 0.29) is 28.3 Å². The van der Waals surface area contributed by atoms with Gasteiger partial charge >= 0.3 is 23.9 Å². The van der Waals surface area contributed by atoms with E-state index >= 15 is 0 Å². The number of hydrogen-bond acceptors (Lipinski definition) is 9. The number of aromatic carboxylic acids is 2. The molecule has 12 nitrogen and oxygen atoms in total. The maximum Gasteiger partial charge on any atom is 0.339 e. The second-order valence-electron chi connectivity index (χ2n) is 5.49. The fourth-order valence-corrected chi connectivity index (χ4v) is 2.00. The molecule has 0 radical (unpaired) electrons. The average Bonchev–Trinajstić information content (AvgIpc) is 2.60. The molecule has 0 atom stereocenters. The van der Waals surface area contributed by atoms with Gasteiger partial charge in [-0.3, -0.25) is 19.7 Å². The summed E-state index contributed by atoms with van der Waals surface area (Å²) in [7, 11) is 0.